The van der Waals surface area contributed by atoms with Gasteiger partial charge in [-0.3, -0.25) is 4.79 Å². The number of hydrogen-bond acceptors (Lipinski definition) is 3. The number of amides is 1. The Hall–Kier alpha value is -1.81. The molecule has 0 fully saturated rings. The van der Waals surface area contributed by atoms with Gasteiger partial charge in [0.05, 0.1) is 6.04 Å². The van der Waals surface area contributed by atoms with E-state index in [4.69, 9.17) is 0 Å². The summed E-state index contributed by atoms with van der Waals surface area (Å²) in [6.45, 7) is 8.89. The van der Waals surface area contributed by atoms with E-state index >= 15 is 0 Å². The van der Waals surface area contributed by atoms with Crippen LogP contribution in [0.25, 0.3) is 0 Å². The van der Waals surface area contributed by atoms with Gasteiger partial charge in [-0.05, 0) is 68.5 Å². The predicted molar refractivity (Wildman–Crippen MR) is 90.3 cm³/mol. The number of nitrogens with one attached hydrogen (secondary N) is 2. The lowest BCUT2D eigenvalue weighted by Crippen LogP contribution is -2.22. The SMILES string of the molecule is CCNC(=O)c1ccc(NC(C)c2sccc2C)c(C)c1. The number of hydrogen-bond donors (Lipinski definition) is 2. The van der Waals surface area contributed by atoms with Gasteiger partial charge in [-0.2, -0.15) is 0 Å². The molecule has 1 atom stereocenters. The van der Waals surface area contributed by atoms with E-state index in [-0.39, 0.29) is 11.9 Å². The van der Waals surface area contributed by atoms with Crippen molar-refractivity contribution >= 4 is 22.9 Å². The quantitative estimate of drug-likeness (QED) is 0.865. The van der Waals surface area contributed by atoms with Crippen molar-refractivity contribution in [3.05, 3.63) is 51.2 Å². The molecule has 1 unspecified atom stereocenters. The second-order valence-electron chi connectivity index (χ2n) is 5.22. The normalized spacial score (nSPS) is 12.0. The molecule has 21 heavy (non-hydrogen) atoms. The maximum atomic E-state index is 11.8. The molecular weight excluding hydrogens is 280 g/mol. The number of carbonyl (C=O) groups is 1. The summed E-state index contributed by atoms with van der Waals surface area (Å²) in [5.41, 5.74) is 4.18. The Morgan fingerprint density at radius 3 is 2.57 bits per heavy atom. The number of carbonyl (C=O) groups excluding carboxylic acids is 1. The van der Waals surface area contributed by atoms with Crippen molar-refractivity contribution in [1.82, 2.24) is 5.32 Å². The minimum atomic E-state index is -0.0192. The largest absolute Gasteiger partial charge is 0.377 e. The highest BCUT2D eigenvalue weighted by Crippen LogP contribution is 2.28. The van der Waals surface area contributed by atoms with E-state index in [1.807, 2.05) is 32.0 Å². The molecule has 1 amide bonds. The summed E-state index contributed by atoms with van der Waals surface area (Å²) in [5.74, 6) is -0.0192. The third-order valence-electron chi connectivity index (χ3n) is 3.49. The Kier molecular flexibility index (Phi) is 5.02. The molecule has 1 aromatic heterocycles. The van der Waals surface area contributed by atoms with Crippen LogP contribution in [0.1, 0.15) is 46.3 Å². The summed E-state index contributed by atoms with van der Waals surface area (Å²) in [5, 5.41) is 8.47. The standard InChI is InChI=1S/C17H22N2OS/c1-5-18-17(20)14-6-7-15(12(3)10-14)19-13(4)16-11(2)8-9-21-16/h6-10,13,19H,5H2,1-4H3,(H,18,20). The highest BCUT2D eigenvalue weighted by molar-refractivity contribution is 7.10. The van der Waals surface area contributed by atoms with Gasteiger partial charge in [0.1, 0.15) is 0 Å². The van der Waals surface area contributed by atoms with Crippen molar-refractivity contribution < 1.29 is 4.79 Å². The molecule has 0 aliphatic heterocycles. The van der Waals surface area contributed by atoms with E-state index < -0.39 is 0 Å². The molecule has 3 nitrogen and oxygen atoms in total. The van der Waals surface area contributed by atoms with Crippen molar-refractivity contribution in [2.45, 2.75) is 33.7 Å². The molecule has 2 aromatic rings. The van der Waals surface area contributed by atoms with Gasteiger partial charge in [0.15, 0.2) is 0 Å². The maximum Gasteiger partial charge on any atom is 0.251 e. The summed E-state index contributed by atoms with van der Waals surface area (Å²) < 4.78 is 0. The number of aryl methyl sites for hydroxylation is 2. The highest BCUT2D eigenvalue weighted by atomic mass is 32.1. The topological polar surface area (TPSA) is 41.1 Å². The number of rotatable bonds is 5. The number of benzene rings is 1. The first-order valence-electron chi connectivity index (χ1n) is 7.22. The van der Waals surface area contributed by atoms with Crippen LogP contribution in [0.3, 0.4) is 0 Å². The van der Waals surface area contributed by atoms with Crippen LogP contribution in [0.15, 0.2) is 29.6 Å². The zero-order valence-electron chi connectivity index (χ0n) is 13.0. The summed E-state index contributed by atoms with van der Waals surface area (Å²) in [6, 6.07) is 8.19. The monoisotopic (exact) mass is 302 g/mol. The minimum Gasteiger partial charge on any atom is -0.377 e. The summed E-state index contributed by atoms with van der Waals surface area (Å²) >= 11 is 1.77. The van der Waals surface area contributed by atoms with Gasteiger partial charge in [-0.15, -0.1) is 11.3 Å². The van der Waals surface area contributed by atoms with E-state index in [2.05, 4.69) is 35.9 Å². The fourth-order valence-electron chi connectivity index (χ4n) is 2.36. The van der Waals surface area contributed by atoms with Crippen molar-refractivity contribution in [2.24, 2.45) is 0 Å². The summed E-state index contributed by atoms with van der Waals surface area (Å²) in [7, 11) is 0. The lowest BCUT2D eigenvalue weighted by atomic mass is 10.1. The van der Waals surface area contributed by atoms with Crippen LogP contribution < -0.4 is 10.6 Å². The van der Waals surface area contributed by atoms with Crippen LogP contribution >= 0.6 is 11.3 Å². The van der Waals surface area contributed by atoms with Crippen LogP contribution in [-0.4, -0.2) is 12.5 Å². The van der Waals surface area contributed by atoms with Gasteiger partial charge in [-0.25, -0.2) is 0 Å². The van der Waals surface area contributed by atoms with E-state index in [0.29, 0.717) is 12.1 Å². The number of anilines is 1. The molecule has 2 N–H and O–H groups in total. The second-order valence-corrected chi connectivity index (χ2v) is 6.17. The molecular formula is C17H22N2OS. The van der Waals surface area contributed by atoms with Gasteiger partial charge >= 0.3 is 0 Å². The molecule has 112 valence electrons. The predicted octanol–water partition coefficient (Wildman–Crippen LogP) is 4.29. The van der Waals surface area contributed by atoms with Crippen LogP contribution in [0.5, 0.6) is 0 Å². The van der Waals surface area contributed by atoms with E-state index in [9.17, 15) is 4.79 Å². The molecule has 0 aliphatic rings. The van der Waals surface area contributed by atoms with E-state index in [0.717, 1.165) is 11.3 Å². The van der Waals surface area contributed by atoms with Crippen molar-refractivity contribution in [2.75, 3.05) is 11.9 Å². The molecule has 0 spiro atoms. The fraction of sp³-hybridized carbons (Fsp3) is 0.353. The first kappa shape index (κ1) is 15.6. The minimum absolute atomic E-state index is 0.0192. The van der Waals surface area contributed by atoms with Crippen LogP contribution in [0.4, 0.5) is 5.69 Å². The lowest BCUT2D eigenvalue weighted by Gasteiger charge is -2.17. The van der Waals surface area contributed by atoms with Gasteiger partial charge in [-0.1, -0.05) is 0 Å². The molecule has 1 aromatic carbocycles. The Morgan fingerprint density at radius 1 is 1.24 bits per heavy atom. The van der Waals surface area contributed by atoms with Crippen LogP contribution in [0, 0.1) is 13.8 Å². The summed E-state index contributed by atoms with van der Waals surface area (Å²) in [6.07, 6.45) is 0. The first-order valence-corrected chi connectivity index (χ1v) is 8.10. The molecule has 0 bridgehead atoms. The molecule has 4 heteroatoms. The zero-order valence-corrected chi connectivity index (χ0v) is 13.8. The zero-order chi connectivity index (χ0) is 15.4. The Labute approximate surface area is 130 Å². The van der Waals surface area contributed by atoms with Gasteiger partial charge in [0, 0.05) is 22.7 Å². The third-order valence-corrected chi connectivity index (χ3v) is 4.69. The maximum absolute atomic E-state index is 11.8. The molecule has 0 aliphatic carbocycles. The highest BCUT2D eigenvalue weighted by Gasteiger charge is 2.12. The molecule has 0 saturated carbocycles. The second kappa shape index (κ2) is 6.76. The van der Waals surface area contributed by atoms with E-state index in [1.54, 1.807) is 11.3 Å². The third kappa shape index (κ3) is 3.64. The number of thiophene rings is 1. The van der Waals surface area contributed by atoms with Crippen molar-refractivity contribution in [3.63, 3.8) is 0 Å². The average Bonchev–Trinajstić information content (AvgIpc) is 2.87. The Balaban J connectivity index is 2.14. The Bertz CT molecular complexity index is 633. The van der Waals surface area contributed by atoms with Crippen LogP contribution in [0.2, 0.25) is 0 Å². The lowest BCUT2D eigenvalue weighted by molar-refractivity contribution is 0.0956. The first-order chi connectivity index (χ1) is 10.0. The van der Waals surface area contributed by atoms with Gasteiger partial charge in [0.25, 0.3) is 5.91 Å². The molecule has 1 heterocycles. The Morgan fingerprint density at radius 2 is 2.00 bits per heavy atom. The van der Waals surface area contributed by atoms with E-state index in [1.165, 1.54) is 10.4 Å². The molecule has 0 radical (unpaired) electrons. The van der Waals surface area contributed by atoms with Crippen molar-refractivity contribution in [3.8, 4) is 0 Å². The summed E-state index contributed by atoms with van der Waals surface area (Å²) in [4.78, 5) is 13.2. The average molecular weight is 302 g/mol. The van der Waals surface area contributed by atoms with Gasteiger partial charge in [0.2, 0.25) is 0 Å². The van der Waals surface area contributed by atoms with Crippen LogP contribution in [-0.2, 0) is 0 Å². The van der Waals surface area contributed by atoms with Crippen molar-refractivity contribution in [1.29, 1.82) is 0 Å². The smallest absolute Gasteiger partial charge is 0.251 e. The molecule has 0 saturated heterocycles. The van der Waals surface area contributed by atoms with Gasteiger partial charge < -0.3 is 10.6 Å². The molecule has 2 rings (SSSR count). The fourth-order valence-corrected chi connectivity index (χ4v) is 3.29.